The third-order valence-electron chi connectivity index (χ3n) is 1.15. The first-order valence-electron chi connectivity index (χ1n) is 4.16. The predicted octanol–water partition coefficient (Wildman–Crippen LogP) is 2.59. The molecule has 2 nitrogen and oxygen atoms in total. The van der Waals surface area contributed by atoms with Gasteiger partial charge in [-0.05, 0) is 19.8 Å². The summed E-state index contributed by atoms with van der Waals surface area (Å²) in [7, 11) is 0. The summed E-state index contributed by atoms with van der Waals surface area (Å²) in [5.74, 6) is 0.176. The van der Waals surface area contributed by atoms with Crippen LogP contribution in [0.3, 0.4) is 0 Å². The van der Waals surface area contributed by atoms with Gasteiger partial charge in [-0.3, -0.25) is 4.79 Å². The topological polar surface area (TPSA) is 26.3 Å². The Morgan fingerprint density at radius 3 is 2.33 bits per heavy atom. The Balaban J connectivity index is 3.58. The summed E-state index contributed by atoms with van der Waals surface area (Å²) < 4.78 is 4.95. The van der Waals surface area contributed by atoms with Gasteiger partial charge < -0.3 is 4.74 Å². The van der Waals surface area contributed by atoms with Crippen LogP contribution in [0.4, 0.5) is 0 Å². The molecule has 0 N–H and O–H groups in total. The molecule has 0 aromatic heterocycles. The van der Waals surface area contributed by atoms with E-state index in [4.69, 9.17) is 16.3 Å². The lowest BCUT2D eigenvalue weighted by Crippen LogP contribution is -2.22. The summed E-state index contributed by atoms with van der Waals surface area (Å²) in [5.41, 5.74) is 0. The molecule has 0 saturated heterocycles. The molecular formula is C9H17ClO2. The van der Waals surface area contributed by atoms with Crippen molar-refractivity contribution in [2.24, 2.45) is 5.92 Å². The van der Waals surface area contributed by atoms with Crippen molar-refractivity contribution in [1.82, 2.24) is 0 Å². The van der Waals surface area contributed by atoms with Gasteiger partial charge in [-0.25, -0.2) is 0 Å². The predicted molar refractivity (Wildman–Crippen MR) is 50.3 cm³/mol. The van der Waals surface area contributed by atoms with Crippen LogP contribution in [0.25, 0.3) is 0 Å². The summed E-state index contributed by atoms with van der Waals surface area (Å²) in [6, 6.07) is 0. The van der Waals surface area contributed by atoms with E-state index in [0.717, 1.165) is 0 Å². The SMILES string of the molecule is CC(C)CC(=O)OCC(C)(C)Cl. The van der Waals surface area contributed by atoms with Gasteiger partial charge in [0, 0.05) is 6.42 Å². The molecule has 0 amide bonds. The molecule has 0 aliphatic carbocycles. The minimum Gasteiger partial charge on any atom is -0.464 e. The Kier molecular flexibility index (Phi) is 4.61. The number of esters is 1. The number of alkyl halides is 1. The van der Waals surface area contributed by atoms with Crippen molar-refractivity contribution in [2.75, 3.05) is 6.61 Å². The number of carbonyl (C=O) groups excluding carboxylic acids is 1. The fraction of sp³-hybridized carbons (Fsp3) is 0.889. The van der Waals surface area contributed by atoms with Gasteiger partial charge in [-0.1, -0.05) is 13.8 Å². The lowest BCUT2D eigenvalue weighted by atomic mass is 10.1. The van der Waals surface area contributed by atoms with Crippen LogP contribution < -0.4 is 0 Å². The van der Waals surface area contributed by atoms with Crippen LogP contribution in [0.2, 0.25) is 0 Å². The molecule has 0 unspecified atom stereocenters. The molecule has 72 valence electrons. The second-order valence-electron chi connectivity index (χ2n) is 3.98. The number of rotatable bonds is 4. The van der Waals surface area contributed by atoms with Gasteiger partial charge in [0.1, 0.15) is 6.61 Å². The van der Waals surface area contributed by atoms with Crippen molar-refractivity contribution < 1.29 is 9.53 Å². The molecule has 0 spiro atoms. The molecule has 0 aliphatic rings. The average molecular weight is 193 g/mol. The largest absolute Gasteiger partial charge is 0.464 e. The summed E-state index contributed by atoms with van der Waals surface area (Å²) >= 11 is 5.84. The normalized spacial score (nSPS) is 11.8. The highest BCUT2D eigenvalue weighted by molar-refractivity contribution is 6.23. The van der Waals surface area contributed by atoms with E-state index in [1.165, 1.54) is 0 Å². The number of hydrogen-bond acceptors (Lipinski definition) is 2. The minimum absolute atomic E-state index is 0.168. The monoisotopic (exact) mass is 192 g/mol. The summed E-state index contributed by atoms with van der Waals surface area (Å²) in [6.07, 6.45) is 0.465. The van der Waals surface area contributed by atoms with Crippen LogP contribution in [0, 0.1) is 5.92 Å². The zero-order chi connectivity index (χ0) is 9.78. The van der Waals surface area contributed by atoms with Gasteiger partial charge in [0.2, 0.25) is 0 Å². The molecule has 0 aromatic carbocycles. The number of hydrogen-bond donors (Lipinski definition) is 0. The molecular weight excluding hydrogens is 176 g/mol. The van der Waals surface area contributed by atoms with E-state index in [2.05, 4.69) is 0 Å². The van der Waals surface area contributed by atoms with Gasteiger partial charge in [0.25, 0.3) is 0 Å². The fourth-order valence-corrected chi connectivity index (χ4v) is 0.699. The van der Waals surface area contributed by atoms with Crippen molar-refractivity contribution in [3.05, 3.63) is 0 Å². The molecule has 0 aromatic rings. The maximum Gasteiger partial charge on any atom is 0.306 e. The number of carbonyl (C=O) groups is 1. The smallest absolute Gasteiger partial charge is 0.306 e. The zero-order valence-electron chi connectivity index (χ0n) is 8.19. The first kappa shape index (κ1) is 11.8. The van der Waals surface area contributed by atoms with E-state index >= 15 is 0 Å². The number of ether oxygens (including phenoxy) is 1. The molecule has 0 heterocycles. The highest BCUT2D eigenvalue weighted by Crippen LogP contribution is 2.13. The highest BCUT2D eigenvalue weighted by atomic mass is 35.5. The van der Waals surface area contributed by atoms with Crippen LogP contribution in [0.15, 0.2) is 0 Å². The van der Waals surface area contributed by atoms with Gasteiger partial charge in [-0.15, -0.1) is 11.6 Å². The second-order valence-corrected chi connectivity index (χ2v) is 5.00. The first-order chi connectivity index (χ1) is 5.31. The Bertz CT molecular complexity index is 147. The van der Waals surface area contributed by atoms with E-state index in [0.29, 0.717) is 12.3 Å². The van der Waals surface area contributed by atoms with Crippen LogP contribution in [0.1, 0.15) is 34.1 Å². The van der Waals surface area contributed by atoms with E-state index in [9.17, 15) is 4.79 Å². The van der Waals surface area contributed by atoms with Crippen molar-refractivity contribution in [3.63, 3.8) is 0 Å². The van der Waals surface area contributed by atoms with Crippen molar-refractivity contribution in [1.29, 1.82) is 0 Å². The fourth-order valence-electron chi connectivity index (χ4n) is 0.644. The molecule has 0 rings (SSSR count). The third kappa shape index (κ3) is 7.86. The van der Waals surface area contributed by atoms with Gasteiger partial charge in [0.05, 0.1) is 4.87 Å². The van der Waals surface area contributed by atoms with Crippen molar-refractivity contribution in [3.8, 4) is 0 Å². The number of halogens is 1. The maximum atomic E-state index is 11.0. The zero-order valence-corrected chi connectivity index (χ0v) is 8.94. The quantitative estimate of drug-likeness (QED) is 0.506. The molecule has 0 saturated carbocycles. The lowest BCUT2D eigenvalue weighted by molar-refractivity contribution is -0.145. The summed E-state index contributed by atoms with van der Waals surface area (Å²) in [4.78, 5) is 10.6. The van der Waals surface area contributed by atoms with Crippen LogP contribution in [0.5, 0.6) is 0 Å². The van der Waals surface area contributed by atoms with Crippen LogP contribution >= 0.6 is 11.6 Å². The Hall–Kier alpha value is -0.240. The molecule has 0 radical (unpaired) electrons. The Morgan fingerprint density at radius 2 is 2.00 bits per heavy atom. The van der Waals surface area contributed by atoms with Crippen LogP contribution in [-0.2, 0) is 9.53 Å². The molecule has 12 heavy (non-hydrogen) atoms. The van der Waals surface area contributed by atoms with E-state index in [-0.39, 0.29) is 12.6 Å². The average Bonchev–Trinajstić information content (AvgIpc) is 1.80. The maximum absolute atomic E-state index is 11.0. The summed E-state index contributed by atoms with van der Waals surface area (Å²) in [5, 5.41) is 0. The van der Waals surface area contributed by atoms with Crippen molar-refractivity contribution in [2.45, 2.75) is 39.0 Å². The molecule has 3 heteroatoms. The first-order valence-corrected chi connectivity index (χ1v) is 4.53. The van der Waals surface area contributed by atoms with E-state index in [1.807, 2.05) is 27.7 Å². The van der Waals surface area contributed by atoms with E-state index in [1.54, 1.807) is 0 Å². The van der Waals surface area contributed by atoms with Gasteiger partial charge in [0.15, 0.2) is 0 Å². The van der Waals surface area contributed by atoms with Crippen LogP contribution in [-0.4, -0.2) is 17.5 Å². The lowest BCUT2D eigenvalue weighted by Gasteiger charge is -2.15. The van der Waals surface area contributed by atoms with Crippen molar-refractivity contribution >= 4 is 17.6 Å². The molecule has 0 aliphatic heterocycles. The summed E-state index contributed by atoms with van der Waals surface area (Å²) in [6.45, 7) is 7.87. The van der Waals surface area contributed by atoms with E-state index < -0.39 is 4.87 Å². The molecule has 0 atom stereocenters. The highest BCUT2D eigenvalue weighted by Gasteiger charge is 2.16. The molecule has 0 fully saturated rings. The Morgan fingerprint density at radius 1 is 1.50 bits per heavy atom. The Labute approximate surface area is 79.2 Å². The van der Waals surface area contributed by atoms with Gasteiger partial charge >= 0.3 is 5.97 Å². The third-order valence-corrected chi connectivity index (χ3v) is 1.26. The molecule has 0 bridgehead atoms. The second kappa shape index (κ2) is 4.70. The van der Waals surface area contributed by atoms with Gasteiger partial charge in [-0.2, -0.15) is 0 Å². The minimum atomic E-state index is -0.452. The standard InChI is InChI=1S/C9H17ClO2/c1-7(2)5-8(11)12-6-9(3,4)10/h7H,5-6H2,1-4H3.